The van der Waals surface area contributed by atoms with Crippen LogP contribution in [0.5, 0.6) is 0 Å². The number of benzene rings is 1. The fourth-order valence-corrected chi connectivity index (χ4v) is 13.2. The minimum absolute atomic E-state index is 0.0131. The standard InChI is InChI=1S/C48H71N3O10S/c1-10-29-14-13-16-38(61-41-19-18-37(51(5)6)26(3)57-41)25(2)43(53)34-23-32-31-22-30(60-47-46(56-9)45(55-8)44(54-7)27(4)58-47)20-28(31)21-36(42(32)33(34)24-40(52)59-29)50-48-49-35-15-11-12-17-39(35)62-48/h11-12,15,17,23,25-33,36-38,41-42,44-47H,10,13-14,16,18-22,24H2,1-9H3,(H,49,50)/t25-,26?,27?,28+,29+,30-,31-,32+,33-,36+,37+,38+,41+,42-,44+,45?,46?,47+/m1/s1. The van der Waals surface area contributed by atoms with Crippen molar-refractivity contribution in [3.05, 3.63) is 35.9 Å². The van der Waals surface area contributed by atoms with Gasteiger partial charge in [0.25, 0.3) is 0 Å². The average molecular weight is 882 g/mol. The number of nitrogens with one attached hydrogen (secondary N) is 1. The monoisotopic (exact) mass is 881 g/mol. The summed E-state index contributed by atoms with van der Waals surface area (Å²) in [5.74, 6) is -0.377. The zero-order valence-corrected chi connectivity index (χ0v) is 39.1. The number of anilines is 1. The highest BCUT2D eigenvalue weighted by Gasteiger charge is 2.57. The summed E-state index contributed by atoms with van der Waals surface area (Å²) in [6.07, 6.45) is 6.56. The second-order valence-corrected chi connectivity index (χ2v) is 20.2. The quantitative estimate of drug-likeness (QED) is 0.225. The van der Waals surface area contributed by atoms with Gasteiger partial charge in [-0.2, -0.15) is 0 Å². The van der Waals surface area contributed by atoms with Gasteiger partial charge in [-0.05, 0) is 127 Å². The lowest BCUT2D eigenvalue weighted by Crippen LogP contribution is -2.59. The van der Waals surface area contributed by atoms with Crippen LogP contribution < -0.4 is 5.32 Å². The molecule has 0 bridgehead atoms. The van der Waals surface area contributed by atoms with Crippen LogP contribution in [0.3, 0.4) is 0 Å². The van der Waals surface area contributed by atoms with E-state index >= 15 is 4.79 Å². The molecule has 3 saturated heterocycles. The third kappa shape index (κ3) is 9.42. The molecule has 344 valence electrons. The molecule has 3 aliphatic heterocycles. The molecule has 18 atom stereocenters. The Balaban J connectivity index is 1.10. The number of Topliss-reactive ketones (excluding diaryl/α,β-unsaturated/α-hetero) is 1. The molecule has 1 aromatic heterocycles. The number of likely N-dealkylation sites (N-methyl/N-ethyl adjacent to an activating group) is 1. The second-order valence-electron chi connectivity index (χ2n) is 19.2. The number of ketones is 1. The number of hydrogen-bond acceptors (Lipinski definition) is 14. The van der Waals surface area contributed by atoms with Crippen molar-refractivity contribution < 1.29 is 47.5 Å². The normalized spacial score (nSPS) is 41.7. The van der Waals surface area contributed by atoms with Crippen molar-refractivity contribution in [3.8, 4) is 0 Å². The third-order valence-electron chi connectivity index (χ3n) is 15.4. The number of ether oxygens (including phenoxy) is 8. The van der Waals surface area contributed by atoms with Gasteiger partial charge in [0.15, 0.2) is 23.5 Å². The van der Waals surface area contributed by atoms with Crippen molar-refractivity contribution in [2.45, 2.75) is 165 Å². The molecule has 2 saturated carbocycles. The number of allylic oxidation sites excluding steroid dienone is 2. The molecular weight excluding hydrogens is 811 g/mol. The van der Waals surface area contributed by atoms with Gasteiger partial charge in [0.05, 0.1) is 41.1 Å². The molecule has 3 aliphatic carbocycles. The van der Waals surface area contributed by atoms with E-state index in [4.69, 9.17) is 42.9 Å². The van der Waals surface area contributed by atoms with Gasteiger partial charge in [0, 0.05) is 45.2 Å². The number of carbonyl (C=O) groups excluding carboxylic acids is 2. The van der Waals surface area contributed by atoms with E-state index in [1.54, 1.807) is 32.7 Å². The molecule has 4 heterocycles. The number of nitrogens with zero attached hydrogens (tertiary/aromatic N) is 2. The van der Waals surface area contributed by atoms with Crippen molar-refractivity contribution in [2.75, 3.05) is 40.7 Å². The van der Waals surface area contributed by atoms with Crippen molar-refractivity contribution >= 4 is 38.4 Å². The van der Waals surface area contributed by atoms with E-state index in [0.717, 1.165) is 72.3 Å². The van der Waals surface area contributed by atoms with Crippen LogP contribution in [0.2, 0.25) is 0 Å². The van der Waals surface area contributed by atoms with Crippen LogP contribution in [0, 0.1) is 35.5 Å². The van der Waals surface area contributed by atoms with Crippen LogP contribution in [0.4, 0.5) is 5.13 Å². The molecule has 6 aliphatic rings. The summed E-state index contributed by atoms with van der Waals surface area (Å²) in [6, 6.07) is 8.47. The highest BCUT2D eigenvalue weighted by Crippen LogP contribution is 2.57. The number of rotatable bonds is 11. The molecular formula is C48H71N3O10S. The van der Waals surface area contributed by atoms with E-state index in [2.05, 4.69) is 50.3 Å². The number of aromatic nitrogens is 1. The molecule has 1 aromatic carbocycles. The Hall–Kier alpha value is -2.53. The first-order valence-corrected chi connectivity index (χ1v) is 24.2. The van der Waals surface area contributed by atoms with E-state index < -0.39 is 18.3 Å². The van der Waals surface area contributed by atoms with Gasteiger partial charge in [0.1, 0.15) is 24.4 Å². The summed E-state index contributed by atoms with van der Waals surface area (Å²) < 4.78 is 51.7. The maximum Gasteiger partial charge on any atom is 0.306 e. The molecule has 62 heavy (non-hydrogen) atoms. The van der Waals surface area contributed by atoms with E-state index in [1.165, 1.54) is 0 Å². The van der Waals surface area contributed by atoms with E-state index in [-0.39, 0.29) is 96.9 Å². The number of cyclic esters (lactones) is 1. The second kappa shape index (κ2) is 19.9. The summed E-state index contributed by atoms with van der Waals surface area (Å²) in [6.45, 7) is 8.20. The minimum Gasteiger partial charge on any atom is -0.462 e. The topological polar surface area (TPSA) is 136 Å². The molecule has 13 nitrogen and oxygen atoms in total. The van der Waals surface area contributed by atoms with E-state index in [0.29, 0.717) is 18.4 Å². The predicted molar refractivity (Wildman–Crippen MR) is 237 cm³/mol. The molecule has 8 rings (SSSR count). The van der Waals surface area contributed by atoms with E-state index in [9.17, 15) is 4.79 Å². The maximum absolute atomic E-state index is 15.2. The van der Waals surface area contributed by atoms with Crippen LogP contribution in [0.1, 0.15) is 91.9 Å². The van der Waals surface area contributed by atoms with E-state index in [1.807, 2.05) is 32.0 Å². The van der Waals surface area contributed by atoms with Crippen molar-refractivity contribution in [3.63, 3.8) is 0 Å². The Kier molecular flexibility index (Phi) is 14.8. The Morgan fingerprint density at radius 3 is 2.37 bits per heavy atom. The number of esters is 1. The molecule has 2 aromatic rings. The zero-order valence-electron chi connectivity index (χ0n) is 38.2. The van der Waals surface area contributed by atoms with Gasteiger partial charge in [-0.3, -0.25) is 9.59 Å². The van der Waals surface area contributed by atoms with Gasteiger partial charge in [0.2, 0.25) is 0 Å². The zero-order chi connectivity index (χ0) is 43.8. The lowest BCUT2D eigenvalue weighted by Gasteiger charge is -2.44. The molecule has 5 fully saturated rings. The van der Waals surface area contributed by atoms with Crippen LogP contribution in [0.15, 0.2) is 35.9 Å². The molecule has 14 heteroatoms. The first kappa shape index (κ1) is 46.0. The summed E-state index contributed by atoms with van der Waals surface area (Å²) >= 11 is 1.65. The average Bonchev–Trinajstić information content (AvgIpc) is 3.96. The number of hydrogen-bond donors (Lipinski definition) is 1. The van der Waals surface area contributed by atoms with Gasteiger partial charge >= 0.3 is 5.97 Å². The van der Waals surface area contributed by atoms with Gasteiger partial charge in [-0.15, -0.1) is 0 Å². The molecule has 1 N–H and O–H groups in total. The molecule has 0 amide bonds. The Labute approximate surface area is 372 Å². The summed E-state index contributed by atoms with van der Waals surface area (Å²) in [5, 5.41) is 4.76. The molecule has 4 unspecified atom stereocenters. The van der Waals surface area contributed by atoms with Crippen LogP contribution in [-0.4, -0.2) is 131 Å². The summed E-state index contributed by atoms with van der Waals surface area (Å²) in [5.41, 5.74) is 1.70. The van der Waals surface area contributed by atoms with Crippen molar-refractivity contribution in [2.24, 2.45) is 35.5 Å². The summed E-state index contributed by atoms with van der Waals surface area (Å²) in [4.78, 5) is 36.5. The Bertz CT molecular complexity index is 1840. The smallest absolute Gasteiger partial charge is 0.306 e. The Morgan fingerprint density at radius 2 is 1.66 bits per heavy atom. The minimum atomic E-state index is -0.633. The van der Waals surface area contributed by atoms with Crippen LogP contribution in [-0.2, 0) is 47.5 Å². The first-order valence-electron chi connectivity index (χ1n) is 23.3. The van der Waals surface area contributed by atoms with Crippen molar-refractivity contribution in [1.82, 2.24) is 9.88 Å². The highest BCUT2D eigenvalue weighted by molar-refractivity contribution is 7.22. The third-order valence-corrected chi connectivity index (χ3v) is 16.3. The highest BCUT2D eigenvalue weighted by atomic mass is 32.1. The maximum atomic E-state index is 15.2. The lowest BCUT2D eigenvalue weighted by atomic mass is 9.64. The first-order chi connectivity index (χ1) is 29.9. The largest absolute Gasteiger partial charge is 0.462 e. The fourth-order valence-electron chi connectivity index (χ4n) is 12.3. The molecule has 0 spiro atoms. The van der Waals surface area contributed by atoms with Crippen LogP contribution >= 0.6 is 11.3 Å². The van der Waals surface area contributed by atoms with Gasteiger partial charge in [-0.25, -0.2) is 4.98 Å². The predicted octanol–water partition coefficient (Wildman–Crippen LogP) is 7.41. The van der Waals surface area contributed by atoms with Crippen molar-refractivity contribution in [1.29, 1.82) is 0 Å². The van der Waals surface area contributed by atoms with Crippen LogP contribution in [0.25, 0.3) is 10.2 Å². The number of thiazole rings is 1. The number of methoxy groups -OCH3 is 3. The van der Waals surface area contributed by atoms with Gasteiger partial charge in [-0.1, -0.05) is 43.4 Å². The Morgan fingerprint density at radius 1 is 0.887 bits per heavy atom. The SMILES string of the molecule is CC[C@H]1CCC[C@H](O[C@H]2CC[C@H](N(C)C)C(C)O2)[C@@H](C)C(=O)C2=C[C@H]3[C@@H]4C[C@H](O[C@@H]5OC(C)[C@H](OC)C(OC)C5OC)C[C@H]4C[C@H](Nc4nc5ccccc5s4)[C@H]3[C@@H]2CC(=O)O1. The fraction of sp³-hybridized carbons (Fsp3) is 0.771. The molecule has 0 radical (unpaired) electrons. The number of carbonyl (C=O) groups is 2. The number of para-hydroxylation sites is 1. The lowest BCUT2D eigenvalue weighted by molar-refractivity contribution is -0.314. The number of fused-ring (bicyclic) bond motifs is 6. The van der Waals surface area contributed by atoms with Gasteiger partial charge < -0.3 is 48.1 Å². The summed E-state index contributed by atoms with van der Waals surface area (Å²) in [7, 11) is 9.18.